The van der Waals surface area contributed by atoms with Gasteiger partial charge < -0.3 is 10.4 Å². The summed E-state index contributed by atoms with van der Waals surface area (Å²) in [5, 5.41) is 17.3. The molecule has 96 valence electrons. The zero-order chi connectivity index (χ0) is 13.0. The molecule has 2 heterocycles. The third kappa shape index (κ3) is 3.16. The van der Waals surface area contributed by atoms with E-state index in [0.717, 1.165) is 17.0 Å². The molecule has 2 aromatic rings. The van der Waals surface area contributed by atoms with Gasteiger partial charge in [-0.1, -0.05) is 6.92 Å². The smallest absolute Gasteiger partial charge is 0.263 e. The van der Waals surface area contributed by atoms with Crippen LogP contribution in [0.25, 0.3) is 0 Å². The lowest BCUT2D eigenvalue weighted by molar-refractivity contribution is 0.0920. The van der Waals surface area contributed by atoms with Crippen LogP contribution in [-0.4, -0.2) is 22.5 Å². The van der Waals surface area contributed by atoms with Crippen molar-refractivity contribution in [3.8, 4) is 0 Å². The van der Waals surface area contributed by atoms with E-state index in [9.17, 15) is 9.90 Å². The van der Waals surface area contributed by atoms with E-state index in [2.05, 4.69) is 10.3 Å². The predicted molar refractivity (Wildman–Crippen MR) is 73.1 cm³/mol. The summed E-state index contributed by atoms with van der Waals surface area (Å²) >= 11 is 2.91. The molecule has 0 saturated carbocycles. The molecule has 0 aliphatic carbocycles. The number of carbonyl (C=O) groups is 1. The number of aliphatic hydroxyl groups excluding tert-OH is 1. The Morgan fingerprint density at radius 2 is 2.44 bits per heavy atom. The third-order valence-electron chi connectivity index (χ3n) is 2.46. The molecule has 1 atom stereocenters. The standard InChI is InChI=1S/C12H14N2O2S2/c1-2-11-13-6-10(18-11)12(16)14-5-9(15)8-3-4-17-7-8/h3-4,6-7,9,15H,2,5H2,1H3,(H,14,16). The number of carbonyl (C=O) groups excluding carboxylic acids is 1. The van der Waals surface area contributed by atoms with Crippen LogP contribution in [0.15, 0.2) is 23.0 Å². The van der Waals surface area contributed by atoms with Crippen LogP contribution in [0, 0.1) is 0 Å². The van der Waals surface area contributed by atoms with Crippen LogP contribution in [0.5, 0.6) is 0 Å². The third-order valence-corrected chi connectivity index (χ3v) is 4.31. The first-order valence-corrected chi connectivity index (χ1v) is 7.39. The largest absolute Gasteiger partial charge is 0.387 e. The minimum atomic E-state index is -0.654. The number of rotatable bonds is 5. The molecule has 0 aromatic carbocycles. The van der Waals surface area contributed by atoms with E-state index in [1.807, 2.05) is 23.8 Å². The molecule has 0 spiro atoms. The number of aryl methyl sites for hydroxylation is 1. The number of hydrogen-bond acceptors (Lipinski definition) is 5. The summed E-state index contributed by atoms with van der Waals surface area (Å²) in [6.07, 6.45) is 1.75. The summed E-state index contributed by atoms with van der Waals surface area (Å²) in [5.74, 6) is -0.179. The highest BCUT2D eigenvalue weighted by molar-refractivity contribution is 7.13. The molecule has 0 fully saturated rings. The van der Waals surface area contributed by atoms with Crippen LogP contribution in [0.1, 0.15) is 33.3 Å². The molecule has 0 aliphatic rings. The SMILES string of the molecule is CCc1ncc(C(=O)NCC(O)c2ccsc2)s1. The van der Waals surface area contributed by atoms with Crippen LogP contribution in [0.2, 0.25) is 0 Å². The van der Waals surface area contributed by atoms with Crippen molar-refractivity contribution in [1.29, 1.82) is 0 Å². The van der Waals surface area contributed by atoms with Crippen LogP contribution in [0.3, 0.4) is 0 Å². The fourth-order valence-electron chi connectivity index (χ4n) is 1.44. The average molecular weight is 282 g/mol. The molecule has 1 unspecified atom stereocenters. The number of thiophene rings is 1. The number of amides is 1. The monoisotopic (exact) mass is 282 g/mol. The highest BCUT2D eigenvalue weighted by atomic mass is 32.1. The lowest BCUT2D eigenvalue weighted by Gasteiger charge is -2.09. The van der Waals surface area contributed by atoms with Gasteiger partial charge in [-0.3, -0.25) is 4.79 Å². The van der Waals surface area contributed by atoms with Gasteiger partial charge in [0.05, 0.1) is 17.3 Å². The number of nitrogens with zero attached hydrogens (tertiary/aromatic N) is 1. The molecule has 1 amide bonds. The Morgan fingerprint density at radius 3 is 3.06 bits per heavy atom. The summed E-state index contributed by atoms with van der Waals surface area (Å²) in [4.78, 5) is 16.5. The Morgan fingerprint density at radius 1 is 1.61 bits per heavy atom. The van der Waals surface area contributed by atoms with Gasteiger partial charge in [0, 0.05) is 6.54 Å². The molecule has 2 aromatic heterocycles. The van der Waals surface area contributed by atoms with Crippen molar-refractivity contribution in [1.82, 2.24) is 10.3 Å². The van der Waals surface area contributed by atoms with Crippen molar-refractivity contribution in [2.24, 2.45) is 0 Å². The Balaban J connectivity index is 1.88. The minimum Gasteiger partial charge on any atom is -0.387 e. The molecular formula is C12H14N2O2S2. The predicted octanol–water partition coefficient (Wildman–Crippen LogP) is 2.23. The molecule has 4 nitrogen and oxygen atoms in total. The fraction of sp³-hybridized carbons (Fsp3) is 0.333. The van der Waals surface area contributed by atoms with Gasteiger partial charge in [0.1, 0.15) is 4.88 Å². The van der Waals surface area contributed by atoms with Crippen molar-refractivity contribution in [3.05, 3.63) is 38.5 Å². The Kier molecular flexibility index (Phi) is 4.46. The van der Waals surface area contributed by atoms with Gasteiger partial charge in [-0.15, -0.1) is 11.3 Å². The second-order valence-electron chi connectivity index (χ2n) is 3.75. The number of aliphatic hydroxyl groups is 1. The van der Waals surface area contributed by atoms with E-state index >= 15 is 0 Å². The van der Waals surface area contributed by atoms with Crippen molar-refractivity contribution >= 4 is 28.6 Å². The summed E-state index contributed by atoms with van der Waals surface area (Å²) in [7, 11) is 0. The topological polar surface area (TPSA) is 62.2 Å². The van der Waals surface area contributed by atoms with Crippen LogP contribution in [0.4, 0.5) is 0 Å². The number of hydrogen-bond donors (Lipinski definition) is 2. The molecule has 0 saturated heterocycles. The van der Waals surface area contributed by atoms with Gasteiger partial charge in [-0.25, -0.2) is 4.98 Å². The fourth-order valence-corrected chi connectivity index (χ4v) is 2.92. The molecular weight excluding hydrogens is 268 g/mol. The van der Waals surface area contributed by atoms with Gasteiger partial charge in [-0.2, -0.15) is 11.3 Å². The molecule has 6 heteroatoms. The maximum atomic E-state index is 11.8. The number of nitrogens with one attached hydrogen (secondary N) is 1. The van der Waals surface area contributed by atoms with Crippen LogP contribution in [-0.2, 0) is 6.42 Å². The lowest BCUT2D eigenvalue weighted by Crippen LogP contribution is -2.27. The normalized spacial score (nSPS) is 12.3. The molecule has 0 aliphatic heterocycles. The van der Waals surface area contributed by atoms with E-state index in [-0.39, 0.29) is 12.5 Å². The average Bonchev–Trinajstić information content (AvgIpc) is 3.05. The summed E-state index contributed by atoms with van der Waals surface area (Å²) < 4.78 is 0. The van der Waals surface area contributed by atoms with Crippen molar-refractivity contribution in [2.45, 2.75) is 19.4 Å². The van der Waals surface area contributed by atoms with Crippen molar-refractivity contribution in [3.63, 3.8) is 0 Å². The molecule has 0 radical (unpaired) electrons. The van der Waals surface area contributed by atoms with Crippen LogP contribution < -0.4 is 5.32 Å². The van der Waals surface area contributed by atoms with Gasteiger partial charge in [-0.05, 0) is 28.8 Å². The highest BCUT2D eigenvalue weighted by Crippen LogP contribution is 2.16. The maximum Gasteiger partial charge on any atom is 0.263 e. The van der Waals surface area contributed by atoms with Gasteiger partial charge in [0.2, 0.25) is 0 Å². The highest BCUT2D eigenvalue weighted by Gasteiger charge is 2.13. The zero-order valence-corrected chi connectivity index (χ0v) is 11.6. The Labute approximate surface area is 113 Å². The Bertz CT molecular complexity index is 508. The van der Waals surface area contributed by atoms with Gasteiger partial charge >= 0.3 is 0 Å². The van der Waals surface area contributed by atoms with Gasteiger partial charge in [0.25, 0.3) is 5.91 Å². The maximum absolute atomic E-state index is 11.8. The van der Waals surface area contributed by atoms with E-state index in [1.54, 1.807) is 6.20 Å². The molecule has 2 N–H and O–H groups in total. The quantitative estimate of drug-likeness (QED) is 0.884. The van der Waals surface area contributed by atoms with E-state index in [0.29, 0.717) is 4.88 Å². The first-order valence-electron chi connectivity index (χ1n) is 5.63. The summed E-state index contributed by atoms with van der Waals surface area (Å²) in [5.41, 5.74) is 0.832. The number of thiazole rings is 1. The summed E-state index contributed by atoms with van der Waals surface area (Å²) in [6.45, 7) is 2.22. The lowest BCUT2D eigenvalue weighted by atomic mass is 10.2. The van der Waals surface area contributed by atoms with Crippen molar-refractivity contribution in [2.75, 3.05) is 6.54 Å². The van der Waals surface area contributed by atoms with Crippen molar-refractivity contribution < 1.29 is 9.90 Å². The Hall–Kier alpha value is -1.24. The second-order valence-corrected chi connectivity index (χ2v) is 5.65. The molecule has 0 bridgehead atoms. The molecule has 2 rings (SSSR count). The first-order chi connectivity index (χ1) is 8.70. The van der Waals surface area contributed by atoms with E-state index in [4.69, 9.17) is 0 Å². The minimum absolute atomic E-state index is 0.179. The zero-order valence-electron chi connectivity index (χ0n) is 9.92. The first kappa shape index (κ1) is 13.2. The van der Waals surface area contributed by atoms with Crippen LogP contribution >= 0.6 is 22.7 Å². The van der Waals surface area contributed by atoms with E-state index in [1.165, 1.54) is 22.7 Å². The summed E-state index contributed by atoms with van der Waals surface area (Å²) in [6, 6.07) is 1.85. The molecule has 18 heavy (non-hydrogen) atoms. The number of aromatic nitrogens is 1. The van der Waals surface area contributed by atoms with Gasteiger partial charge in [0.15, 0.2) is 0 Å². The van der Waals surface area contributed by atoms with E-state index < -0.39 is 6.10 Å². The second kappa shape index (κ2) is 6.08.